The first kappa shape index (κ1) is 14.7. The number of benzene rings is 2. The number of hydrogen-bond acceptors (Lipinski definition) is 2. The Morgan fingerprint density at radius 3 is 2.20 bits per heavy atom. The highest BCUT2D eigenvalue weighted by molar-refractivity contribution is 8.00. The molecule has 2 nitrogen and oxygen atoms in total. The van der Waals surface area contributed by atoms with Crippen LogP contribution in [0.2, 0.25) is 0 Å². The highest BCUT2D eigenvalue weighted by Crippen LogP contribution is 2.24. The van der Waals surface area contributed by atoms with Crippen LogP contribution < -0.4 is 0 Å². The minimum absolute atomic E-state index is 0.0777. The molecular formula is C17H19NOS. The smallest absolute Gasteiger partial charge is 0.235 e. The molecule has 0 saturated heterocycles. The maximum Gasteiger partial charge on any atom is 0.235 e. The van der Waals surface area contributed by atoms with E-state index in [1.165, 1.54) is 0 Å². The Labute approximate surface area is 124 Å². The summed E-state index contributed by atoms with van der Waals surface area (Å²) >= 11 is 1.60. The molecule has 0 aliphatic carbocycles. The van der Waals surface area contributed by atoms with Crippen molar-refractivity contribution in [2.45, 2.75) is 23.6 Å². The van der Waals surface area contributed by atoms with Gasteiger partial charge in [-0.1, -0.05) is 48.5 Å². The van der Waals surface area contributed by atoms with Crippen LogP contribution in [0.3, 0.4) is 0 Å². The fraction of sp³-hybridized carbons (Fsp3) is 0.235. The quantitative estimate of drug-likeness (QED) is 0.778. The molecule has 3 heteroatoms. The SMILES string of the molecule is C[C@@H](Sc1ccccc1)C(=O)N(C)Cc1ccccc1. The van der Waals surface area contributed by atoms with Gasteiger partial charge in [-0.2, -0.15) is 0 Å². The molecule has 0 aromatic heterocycles. The van der Waals surface area contributed by atoms with Crippen molar-refractivity contribution < 1.29 is 4.79 Å². The molecule has 2 rings (SSSR count). The van der Waals surface area contributed by atoms with E-state index in [2.05, 4.69) is 0 Å². The molecule has 0 N–H and O–H groups in total. The van der Waals surface area contributed by atoms with Gasteiger partial charge in [-0.15, -0.1) is 11.8 Å². The number of carbonyl (C=O) groups excluding carboxylic acids is 1. The molecule has 2 aromatic carbocycles. The highest BCUT2D eigenvalue weighted by Gasteiger charge is 2.18. The molecular weight excluding hydrogens is 266 g/mol. The second kappa shape index (κ2) is 7.15. The summed E-state index contributed by atoms with van der Waals surface area (Å²) in [5, 5.41) is -0.0777. The van der Waals surface area contributed by atoms with Crippen LogP contribution in [-0.2, 0) is 11.3 Å². The van der Waals surface area contributed by atoms with Crippen LogP contribution in [0.1, 0.15) is 12.5 Å². The zero-order valence-corrected chi connectivity index (χ0v) is 12.6. The van der Waals surface area contributed by atoms with E-state index < -0.39 is 0 Å². The van der Waals surface area contributed by atoms with Gasteiger partial charge in [0.05, 0.1) is 5.25 Å². The maximum atomic E-state index is 12.4. The van der Waals surface area contributed by atoms with Gasteiger partial charge in [0.2, 0.25) is 5.91 Å². The Hall–Kier alpha value is -1.74. The molecule has 0 unspecified atom stereocenters. The zero-order valence-electron chi connectivity index (χ0n) is 11.8. The summed E-state index contributed by atoms with van der Waals surface area (Å²) in [6.07, 6.45) is 0. The molecule has 1 amide bonds. The van der Waals surface area contributed by atoms with Crippen molar-refractivity contribution in [1.29, 1.82) is 0 Å². The summed E-state index contributed by atoms with van der Waals surface area (Å²) in [7, 11) is 1.86. The van der Waals surface area contributed by atoms with Crippen molar-refractivity contribution in [3.05, 3.63) is 66.2 Å². The Morgan fingerprint density at radius 2 is 1.60 bits per heavy atom. The topological polar surface area (TPSA) is 20.3 Å². The van der Waals surface area contributed by atoms with Crippen LogP contribution in [-0.4, -0.2) is 23.1 Å². The Morgan fingerprint density at radius 1 is 1.05 bits per heavy atom. The van der Waals surface area contributed by atoms with E-state index in [1.807, 2.05) is 74.6 Å². The van der Waals surface area contributed by atoms with E-state index in [-0.39, 0.29) is 11.2 Å². The summed E-state index contributed by atoms with van der Waals surface area (Å²) in [4.78, 5) is 15.3. The third kappa shape index (κ3) is 4.14. The lowest BCUT2D eigenvalue weighted by Gasteiger charge is -2.21. The third-order valence-corrected chi connectivity index (χ3v) is 4.14. The Bertz CT molecular complexity index is 492. The van der Waals surface area contributed by atoms with Gasteiger partial charge in [-0.25, -0.2) is 0 Å². The lowest BCUT2D eigenvalue weighted by atomic mass is 10.2. The van der Waals surface area contributed by atoms with Crippen molar-refractivity contribution in [2.24, 2.45) is 0 Å². The van der Waals surface area contributed by atoms with Gasteiger partial charge in [0.1, 0.15) is 0 Å². The molecule has 0 aliphatic heterocycles. The van der Waals surface area contributed by atoms with Crippen molar-refractivity contribution in [3.63, 3.8) is 0 Å². The van der Waals surface area contributed by atoms with E-state index in [0.717, 1.165) is 10.5 Å². The monoisotopic (exact) mass is 285 g/mol. The second-order valence-corrected chi connectivity index (χ2v) is 6.17. The molecule has 1 atom stereocenters. The number of amides is 1. The van der Waals surface area contributed by atoms with Gasteiger partial charge in [0.25, 0.3) is 0 Å². The first-order chi connectivity index (χ1) is 9.66. The van der Waals surface area contributed by atoms with E-state index in [1.54, 1.807) is 16.7 Å². The first-order valence-corrected chi connectivity index (χ1v) is 7.55. The minimum atomic E-state index is -0.0777. The standard InChI is InChI=1S/C17H19NOS/c1-14(20-16-11-7-4-8-12-16)17(19)18(2)13-15-9-5-3-6-10-15/h3-12,14H,13H2,1-2H3/t14-/m1/s1. The molecule has 20 heavy (non-hydrogen) atoms. The summed E-state index contributed by atoms with van der Waals surface area (Å²) in [6, 6.07) is 20.1. The second-order valence-electron chi connectivity index (χ2n) is 4.75. The van der Waals surface area contributed by atoms with Gasteiger partial charge in [-0.3, -0.25) is 4.79 Å². The van der Waals surface area contributed by atoms with Gasteiger partial charge in [-0.05, 0) is 24.6 Å². The van der Waals surface area contributed by atoms with Crippen molar-refractivity contribution in [3.8, 4) is 0 Å². The van der Waals surface area contributed by atoms with Crippen LogP contribution in [0, 0.1) is 0 Å². The Balaban J connectivity index is 1.93. The van der Waals surface area contributed by atoms with Gasteiger partial charge >= 0.3 is 0 Å². The largest absolute Gasteiger partial charge is 0.340 e. The maximum absolute atomic E-state index is 12.4. The fourth-order valence-electron chi connectivity index (χ4n) is 2.00. The number of rotatable bonds is 5. The van der Waals surface area contributed by atoms with E-state index in [4.69, 9.17) is 0 Å². The van der Waals surface area contributed by atoms with Crippen LogP contribution in [0.15, 0.2) is 65.6 Å². The van der Waals surface area contributed by atoms with Crippen LogP contribution >= 0.6 is 11.8 Å². The van der Waals surface area contributed by atoms with Crippen LogP contribution in [0.25, 0.3) is 0 Å². The van der Waals surface area contributed by atoms with Crippen molar-refractivity contribution in [1.82, 2.24) is 4.90 Å². The molecule has 0 bridgehead atoms. The Kier molecular flexibility index (Phi) is 5.24. The third-order valence-electron chi connectivity index (χ3n) is 3.04. The van der Waals surface area contributed by atoms with E-state index in [9.17, 15) is 4.79 Å². The van der Waals surface area contributed by atoms with Gasteiger partial charge in [0, 0.05) is 18.5 Å². The molecule has 0 spiro atoms. The highest BCUT2D eigenvalue weighted by atomic mass is 32.2. The summed E-state index contributed by atoms with van der Waals surface area (Å²) < 4.78 is 0. The molecule has 0 fully saturated rings. The lowest BCUT2D eigenvalue weighted by Crippen LogP contribution is -2.32. The number of nitrogens with zero attached hydrogens (tertiary/aromatic N) is 1. The van der Waals surface area contributed by atoms with Gasteiger partial charge in [0.15, 0.2) is 0 Å². The van der Waals surface area contributed by atoms with Crippen LogP contribution in [0.5, 0.6) is 0 Å². The molecule has 0 aliphatic rings. The first-order valence-electron chi connectivity index (χ1n) is 6.67. The molecule has 2 aromatic rings. The molecule has 0 radical (unpaired) electrons. The number of hydrogen-bond donors (Lipinski definition) is 0. The molecule has 0 heterocycles. The van der Waals surface area contributed by atoms with E-state index >= 15 is 0 Å². The van der Waals surface area contributed by atoms with Crippen molar-refractivity contribution >= 4 is 17.7 Å². The number of thioether (sulfide) groups is 1. The minimum Gasteiger partial charge on any atom is -0.340 e. The predicted octanol–water partition coefficient (Wildman–Crippen LogP) is 3.83. The summed E-state index contributed by atoms with van der Waals surface area (Å²) in [5.41, 5.74) is 1.15. The lowest BCUT2D eigenvalue weighted by molar-refractivity contribution is -0.129. The number of carbonyl (C=O) groups is 1. The summed E-state index contributed by atoms with van der Waals surface area (Å²) in [5.74, 6) is 0.155. The summed E-state index contributed by atoms with van der Waals surface area (Å²) in [6.45, 7) is 2.61. The average Bonchev–Trinajstić information content (AvgIpc) is 2.48. The van der Waals surface area contributed by atoms with Gasteiger partial charge < -0.3 is 4.90 Å². The average molecular weight is 285 g/mol. The molecule has 104 valence electrons. The zero-order chi connectivity index (χ0) is 14.4. The van der Waals surface area contributed by atoms with E-state index in [0.29, 0.717) is 6.54 Å². The fourth-order valence-corrected chi connectivity index (χ4v) is 3.00. The molecule has 0 saturated carbocycles. The van der Waals surface area contributed by atoms with Crippen LogP contribution in [0.4, 0.5) is 0 Å². The normalized spacial score (nSPS) is 11.9. The van der Waals surface area contributed by atoms with Crippen molar-refractivity contribution in [2.75, 3.05) is 7.05 Å². The predicted molar refractivity (Wildman–Crippen MR) is 84.7 cm³/mol.